The van der Waals surface area contributed by atoms with Gasteiger partial charge < -0.3 is 15.4 Å². The first-order valence-corrected chi connectivity index (χ1v) is 7.60. The maximum absolute atomic E-state index is 12.1. The molecule has 2 N–H and O–H groups in total. The van der Waals surface area contributed by atoms with Gasteiger partial charge in [0.2, 0.25) is 0 Å². The van der Waals surface area contributed by atoms with E-state index in [0.29, 0.717) is 40.5 Å². The summed E-state index contributed by atoms with van der Waals surface area (Å²) < 4.78 is 4.89. The number of carbonyl (C=O) groups excluding carboxylic acids is 1. The molecular weight excluding hydrogens is 339 g/mol. The number of halogens is 2. The molecule has 0 saturated carbocycles. The van der Waals surface area contributed by atoms with Gasteiger partial charge in [-0.15, -0.1) is 0 Å². The second-order valence-corrected chi connectivity index (χ2v) is 5.50. The zero-order chi connectivity index (χ0) is 16.8. The number of carbonyl (C=O) groups is 1. The maximum atomic E-state index is 12.1. The molecule has 0 aliphatic rings. The Hall–Kier alpha value is -1.89. The van der Waals surface area contributed by atoms with Gasteiger partial charge in [0, 0.05) is 25.4 Å². The van der Waals surface area contributed by atoms with Gasteiger partial charge in [-0.2, -0.15) is 0 Å². The Labute approximate surface area is 144 Å². The van der Waals surface area contributed by atoms with Crippen molar-refractivity contribution in [3.63, 3.8) is 0 Å². The van der Waals surface area contributed by atoms with E-state index in [1.54, 1.807) is 38.3 Å². The number of nitrogens with one attached hydrogen (secondary N) is 2. The number of aromatic nitrogens is 2. The van der Waals surface area contributed by atoms with Crippen molar-refractivity contribution in [1.29, 1.82) is 0 Å². The van der Waals surface area contributed by atoms with E-state index in [2.05, 4.69) is 20.6 Å². The average Bonchev–Trinajstić information content (AvgIpc) is 2.50. The normalized spacial score (nSPS) is 10.4. The van der Waals surface area contributed by atoms with Crippen LogP contribution in [-0.2, 0) is 4.74 Å². The lowest BCUT2D eigenvalue weighted by Gasteiger charge is -2.09. The van der Waals surface area contributed by atoms with Crippen molar-refractivity contribution in [3.05, 3.63) is 45.8 Å². The highest BCUT2D eigenvalue weighted by atomic mass is 35.5. The molecule has 23 heavy (non-hydrogen) atoms. The molecule has 0 spiro atoms. The lowest BCUT2D eigenvalue weighted by Crippen LogP contribution is -2.28. The number of nitrogens with zero attached hydrogens (tertiary/aromatic N) is 2. The van der Waals surface area contributed by atoms with Crippen LogP contribution >= 0.6 is 23.2 Å². The second kappa shape index (κ2) is 8.10. The summed E-state index contributed by atoms with van der Waals surface area (Å²) in [5.74, 6) is 0.685. The van der Waals surface area contributed by atoms with Gasteiger partial charge in [0.15, 0.2) is 0 Å². The lowest BCUT2D eigenvalue weighted by molar-refractivity contribution is 0.0932. The molecule has 2 aromatic rings. The molecule has 8 heteroatoms. The van der Waals surface area contributed by atoms with Crippen molar-refractivity contribution >= 4 is 40.6 Å². The van der Waals surface area contributed by atoms with Gasteiger partial charge in [-0.1, -0.05) is 23.2 Å². The molecule has 0 bridgehead atoms. The van der Waals surface area contributed by atoms with Gasteiger partial charge in [-0.3, -0.25) is 4.79 Å². The lowest BCUT2D eigenvalue weighted by atomic mass is 10.3. The van der Waals surface area contributed by atoms with E-state index >= 15 is 0 Å². The summed E-state index contributed by atoms with van der Waals surface area (Å²) in [6.07, 6.45) is 0. The molecule has 0 radical (unpaired) electrons. The van der Waals surface area contributed by atoms with Crippen molar-refractivity contribution in [3.8, 4) is 0 Å². The van der Waals surface area contributed by atoms with Crippen LogP contribution in [0.5, 0.6) is 0 Å². The van der Waals surface area contributed by atoms with Crippen LogP contribution in [0.2, 0.25) is 10.0 Å². The largest absolute Gasteiger partial charge is 0.383 e. The van der Waals surface area contributed by atoms with Crippen LogP contribution in [0.1, 0.15) is 16.3 Å². The Morgan fingerprint density at radius 1 is 1.22 bits per heavy atom. The first-order valence-electron chi connectivity index (χ1n) is 6.84. The number of rotatable bonds is 6. The van der Waals surface area contributed by atoms with Gasteiger partial charge in [-0.05, 0) is 25.1 Å². The van der Waals surface area contributed by atoms with Gasteiger partial charge in [0.05, 0.1) is 16.7 Å². The van der Waals surface area contributed by atoms with Crippen molar-refractivity contribution in [2.24, 2.45) is 0 Å². The van der Waals surface area contributed by atoms with Crippen LogP contribution in [0.3, 0.4) is 0 Å². The number of amides is 1. The first kappa shape index (κ1) is 17.5. The van der Waals surface area contributed by atoms with Gasteiger partial charge >= 0.3 is 0 Å². The van der Waals surface area contributed by atoms with Crippen molar-refractivity contribution < 1.29 is 9.53 Å². The molecule has 0 fully saturated rings. The number of anilines is 2. The molecule has 1 aromatic heterocycles. The molecule has 2 rings (SSSR count). The predicted molar refractivity (Wildman–Crippen MR) is 90.7 cm³/mol. The van der Waals surface area contributed by atoms with Gasteiger partial charge in [0.25, 0.3) is 5.91 Å². The fraction of sp³-hybridized carbons (Fsp3) is 0.267. The van der Waals surface area contributed by atoms with Crippen molar-refractivity contribution in [2.75, 3.05) is 25.6 Å². The van der Waals surface area contributed by atoms with Crippen LogP contribution in [0.15, 0.2) is 24.3 Å². The number of hydrogen-bond acceptors (Lipinski definition) is 5. The van der Waals surface area contributed by atoms with E-state index in [0.717, 1.165) is 0 Å². The van der Waals surface area contributed by atoms with E-state index in [1.807, 2.05) is 0 Å². The van der Waals surface area contributed by atoms with E-state index in [1.165, 1.54) is 0 Å². The van der Waals surface area contributed by atoms with Gasteiger partial charge in [-0.25, -0.2) is 9.97 Å². The Morgan fingerprint density at radius 2 is 2.00 bits per heavy atom. The number of methoxy groups -OCH3 is 1. The number of aryl methyl sites for hydroxylation is 1. The summed E-state index contributed by atoms with van der Waals surface area (Å²) in [5, 5.41) is 6.69. The molecule has 1 amide bonds. The van der Waals surface area contributed by atoms with Crippen molar-refractivity contribution in [1.82, 2.24) is 15.3 Å². The molecule has 122 valence electrons. The Kier molecular flexibility index (Phi) is 6.15. The quantitative estimate of drug-likeness (QED) is 0.779. The third-order valence-corrected chi connectivity index (χ3v) is 3.59. The number of ether oxygens (including phenoxy) is 1. The van der Waals surface area contributed by atoms with Crippen LogP contribution in [0.25, 0.3) is 0 Å². The molecule has 6 nitrogen and oxygen atoms in total. The highest BCUT2D eigenvalue weighted by Crippen LogP contribution is 2.26. The van der Waals surface area contributed by atoms with E-state index < -0.39 is 0 Å². The predicted octanol–water partition coefficient (Wildman–Crippen LogP) is 3.21. The van der Waals surface area contributed by atoms with Crippen LogP contribution in [0.4, 0.5) is 11.5 Å². The number of hydrogen-bond donors (Lipinski definition) is 2. The first-order chi connectivity index (χ1) is 11.0. The second-order valence-electron chi connectivity index (χ2n) is 4.69. The van der Waals surface area contributed by atoms with Crippen LogP contribution in [0, 0.1) is 6.92 Å². The molecule has 1 heterocycles. The third-order valence-electron chi connectivity index (χ3n) is 2.85. The average molecular weight is 355 g/mol. The molecule has 0 aliphatic heterocycles. The number of benzene rings is 1. The minimum atomic E-state index is -0.287. The highest BCUT2D eigenvalue weighted by molar-refractivity contribution is 6.42. The Bertz CT molecular complexity index is 710. The topological polar surface area (TPSA) is 76.1 Å². The molecule has 0 unspecified atom stereocenters. The van der Waals surface area contributed by atoms with E-state index in [4.69, 9.17) is 27.9 Å². The zero-order valence-corrected chi connectivity index (χ0v) is 14.2. The summed E-state index contributed by atoms with van der Waals surface area (Å²) in [6.45, 7) is 2.56. The fourth-order valence-corrected chi connectivity index (χ4v) is 2.13. The van der Waals surface area contributed by atoms with E-state index in [-0.39, 0.29) is 11.6 Å². The van der Waals surface area contributed by atoms with Crippen molar-refractivity contribution in [2.45, 2.75) is 6.92 Å². The minimum absolute atomic E-state index is 0.274. The molecule has 0 aliphatic carbocycles. The molecular formula is C15H16Cl2N4O2. The monoisotopic (exact) mass is 354 g/mol. The SMILES string of the molecule is COCCNC(=O)c1cc(Nc2ccc(Cl)c(Cl)c2)nc(C)n1. The van der Waals surface area contributed by atoms with Crippen LogP contribution < -0.4 is 10.6 Å². The summed E-state index contributed by atoms with van der Waals surface area (Å²) >= 11 is 11.9. The Morgan fingerprint density at radius 3 is 2.70 bits per heavy atom. The zero-order valence-electron chi connectivity index (χ0n) is 12.7. The highest BCUT2D eigenvalue weighted by Gasteiger charge is 2.10. The Balaban J connectivity index is 2.16. The van der Waals surface area contributed by atoms with Gasteiger partial charge in [0.1, 0.15) is 17.3 Å². The standard InChI is InChI=1S/C15H16Cl2N4O2/c1-9-19-13(15(22)18-5-6-23-2)8-14(20-9)21-10-3-4-11(16)12(17)7-10/h3-4,7-8H,5-6H2,1-2H3,(H,18,22)(H,19,20,21). The van der Waals surface area contributed by atoms with E-state index in [9.17, 15) is 4.79 Å². The summed E-state index contributed by atoms with van der Waals surface area (Å²) in [4.78, 5) is 20.4. The summed E-state index contributed by atoms with van der Waals surface area (Å²) in [5.41, 5.74) is 0.986. The summed E-state index contributed by atoms with van der Waals surface area (Å²) in [7, 11) is 1.57. The molecule has 0 saturated heterocycles. The molecule has 1 aromatic carbocycles. The summed E-state index contributed by atoms with van der Waals surface area (Å²) in [6, 6.07) is 6.69. The minimum Gasteiger partial charge on any atom is -0.383 e. The molecule has 0 atom stereocenters. The third kappa shape index (κ3) is 5.06. The van der Waals surface area contributed by atoms with Crippen LogP contribution in [-0.4, -0.2) is 36.1 Å². The smallest absolute Gasteiger partial charge is 0.270 e. The maximum Gasteiger partial charge on any atom is 0.270 e. The fourth-order valence-electron chi connectivity index (χ4n) is 1.83.